The number of carboxylic acid groups (broad SMARTS) is 1. The molecule has 1 N–H and O–H groups in total. The molecule has 0 radical (unpaired) electrons. The second kappa shape index (κ2) is 4.35. The molecule has 2 rings (SSSR count). The molecule has 0 atom stereocenters. The van der Waals surface area contributed by atoms with Gasteiger partial charge in [-0.05, 0) is 17.5 Å². The summed E-state index contributed by atoms with van der Waals surface area (Å²) in [5.74, 6) is -1.05. The van der Waals surface area contributed by atoms with Gasteiger partial charge in [-0.1, -0.05) is 24.3 Å². The molecule has 1 aliphatic heterocycles. The maximum absolute atomic E-state index is 11.7. The van der Waals surface area contributed by atoms with Gasteiger partial charge in [0, 0.05) is 13.0 Å². The highest BCUT2D eigenvalue weighted by Crippen LogP contribution is 2.18. The number of carboxylic acids is 1. The van der Waals surface area contributed by atoms with Gasteiger partial charge in [0.15, 0.2) is 0 Å². The van der Waals surface area contributed by atoms with E-state index in [1.54, 1.807) is 0 Å². The predicted molar refractivity (Wildman–Crippen MR) is 57.8 cm³/mol. The quantitative estimate of drug-likeness (QED) is 0.808. The molecule has 84 valence electrons. The summed E-state index contributed by atoms with van der Waals surface area (Å²) in [6.45, 7) is 0.189. The van der Waals surface area contributed by atoms with E-state index in [9.17, 15) is 9.59 Å². The predicted octanol–water partition coefficient (Wildman–Crippen LogP) is 1.05. The Hall–Kier alpha value is -1.84. The number of benzene rings is 1. The molecule has 16 heavy (non-hydrogen) atoms. The molecule has 1 aromatic rings. The van der Waals surface area contributed by atoms with E-state index in [2.05, 4.69) is 0 Å². The van der Waals surface area contributed by atoms with Crippen molar-refractivity contribution in [3.8, 4) is 0 Å². The van der Waals surface area contributed by atoms with E-state index in [1.807, 2.05) is 24.3 Å². The van der Waals surface area contributed by atoms with Crippen LogP contribution in [0.2, 0.25) is 0 Å². The Kier molecular flexibility index (Phi) is 2.90. The number of hydrogen-bond acceptors (Lipinski definition) is 2. The van der Waals surface area contributed by atoms with Gasteiger partial charge in [-0.15, -0.1) is 0 Å². The topological polar surface area (TPSA) is 57.6 Å². The van der Waals surface area contributed by atoms with Crippen LogP contribution < -0.4 is 0 Å². The van der Waals surface area contributed by atoms with Gasteiger partial charge in [0.1, 0.15) is 6.54 Å². The van der Waals surface area contributed by atoms with Crippen molar-refractivity contribution in [1.82, 2.24) is 4.90 Å². The molecule has 0 aromatic heterocycles. The highest BCUT2D eigenvalue weighted by Gasteiger charge is 2.21. The fraction of sp³-hybridized carbons (Fsp3) is 0.333. The zero-order chi connectivity index (χ0) is 11.5. The molecule has 0 saturated heterocycles. The van der Waals surface area contributed by atoms with Gasteiger partial charge in [0.05, 0.1) is 0 Å². The second-order valence-electron chi connectivity index (χ2n) is 3.91. The Balaban J connectivity index is 2.24. The van der Waals surface area contributed by atoms with E-state index in [-0.39, 0.29) is 12.5 Å². The Labute approximate surface area is 93.5 Å². The van der Waals surface area contributed by atoms with E-state index < -0.39 is 5.97 Å². The smallest absolute Gasteiger partial charge is 0.323 e. The van der Waals surface area contributed by atoms with E-state index in [1.165, 1.54) is 4.90 Å². The third-order valence-corrected chi connectivity index (χ3v) is 2.77. The average molecular weight is 219 g/mol. The lowest BCUT2D eigenvalue weighted by molar-refractivity contribution is -0.144. The Morgan fingerprint density at radius 3 is 2.62 bits per heavy atom. The first-order valence-electron chi connectivity index (χ1n) is 5.23. The van der Waals surface area contributed by atoms with Crippen molar-refractivity contribution in [2.45, 2.75) is 19.4 Å². The van der Waals surface area contributed by atoms with Gasteiger partial charge in [-0.3, -0.25) is 9.59 Å². The molecule has 0 bridgehead atoms. The van der Waals surface area contributed by atoms with Crippen LogP contribution in [-0.4, -0.2) is 28.4 Å². The van der Waals surface area contributed by atoms with Crippen LogP contribution in [0.1, 0.15) is 17.5 Å². The number of aliphatic carboxylic acids is 1. The monoisotopic (exact) mass is 219 g/mol. The zero-order valence-corrected chi connectivity index (χ0v) is 8.85. The maximum Gasteiger partial charge on any atom is 0.323 e. The Morgan fingerprint density at radius 1 is 1.25 bits per heavy atom. The summed E-state index contributed by atoms with van der Waals surface area (Å²) in [7, 11) is 0. The molecular formula is C12H13NO3. The summed E-state index contributed by atoms with van der Waals surface area (Å²) in [6.07, 6.45) is 1.09. The molecule has 0 spiro atoms. The molecule has 0 aliphatic carbocycles. The van der Waals surface area contributed by atoms with Crippen molar-refractivity contribution in [2.75, 3.05) is 6.54 Å². The molecule has 4 heteroatoms. The lowest BCUT2D eigenvalue weighted by Crippen LogP contribution is -2.34. The van der Waals surface area contributed by atoms with Gasteiger partial charge in [0.25, 0.3) is 0 Å². The summed E-state index contributed by atoms with van der Waals surface area (Å²) in [6, 6.07) is 7.79. The van der Waals surface area contributed by atoms with Crippen LogP contribution in [0.3, 0.4) is 0 Å². The number of amides is 1. The first kappa shape index (κ1) is 10.7. The molecule has 0 fully saturated rings. The highest BCUT2D eigenvalue weighted by molar-refractivity contribution is 5.82. The van der Waals surface area contributed by atoms with E-state index in [0.717, 1.165) is 11.1 Å². The van der Waals surface area contributed by atoms with E-state index in [4.69, 9.17) is 5.11 Å². The zero-order valence-electron chi connectivity index (χ0n) is 8.85. The largest absolute Gasteiger partial charge is 0.480 e. The third-order valence-electron chi connectivity index (χ3n) is 2.77. The van der Waals surface area contributed by atoms with E-state index >= 15 is 0 Å². The van der Waals surface area contributed by atoms with Crippen LogP contribution in [0.25, 0.3) is 0 Å². The first-order valence-corrected chi connectivity index (χ1v) is 5.23. The van der Waals surface area contributed by atoms with Crippen LogP contribution in [0.4, 0.5) is 0 Å². The summed E-state index contributed by atoms with van der Waals surface area (Å²) >= 11 is 0. The highest BCUT2D eigenvalue weighted by atomic mass is 16.4. The molecule has 0 saturated carbocycles. The Morgan fingerprint density at radius 2 is 1.94 bits per heavy atom. The van der Waals surface area contributed by atoms with Gasteiger partial charge < -0.3 is 10.0 Å². The van der Waals surface area contributed by atoms with Gasteiger partial charge in [-0.2, -0.15) is 0 Å². The van der Waals surface area contributed by atoms with Gasteiger partial charge in [0.2, 0.25) is 5.91 Å². The lowest BCUT2D eigenvalue weighted by atomic mass is 10.0. The minimum absolute atomic E-state index is 0.0846. The Bertz CT molecular complexity index is 428. The molecule has 0 unspecified atom stereocenters. The number of rotatable bonds is 2. The lowest BCUT2D eigenvalue weighted by Gasteiger charge is -2.18. The van der Waals surface area contributed by atoms with Gasteiger partial charge in [-0.25, -0.2) is 0 Å². The number of carbonyl (C=O) groups excluding carboxylic acids is 1. The summed E-state index contributed by atoms with van der Waals surface area (Å²) in [5.41, 5.74) is 2.19. The van der Waals surface area contributed by atoms with E-state index in [0.29, 0.717) is 19.4 Å². The minimum atomic E-state index is -0.965. The molecule has 1 aromatic carbocycles. The van der Waals surface area contributed by atoms with Gasteiger partial charge >= 0.3 is 5.97 Å². The van der Waals surface area contributed by atoms with Crippen LogP contribution in [0.15, 0.2) is 24.3 Å². The fourth-order valence-electron chi connectivity index (χ4n) is 1.96. The normalized spacial score (nSPS) is 15.5. The number of hydrogen-bond donors (Lipinski definition) is 1. The summed E-state index contributed by atoms with van der Waals surface area (Å²) in [5, 5.41) is 8.73. The van der Waals surface area contributed by atoms with Crippen molar-refractivity contribution < 1.29 is 14.7 Å². The summed E-state index contributed by atoms with van der Waals surface area (Å²) in [4.78, 5) is 23.7. The summed E-state index contributed by atoms with van der Waals surface area (Å²) < 4.78 is 0. The molecule has 1 aliphatic rings. The third kappa shape index (κ3) is 2.21. The van der Waals surface area contributed by atoms with Crippen LogP contribution in [0.5, 0.6) is 0 Å². The van der Waals surface area contributed by atoms with Crippen molar-refractivity contribution in [1.29, 1.82) is 0 Å². The number of carbonyl (C=O) groups is 2. The molecular weight excluding hydrogens is 206 g/mol. The minimum Gasteiger partial charge on any atom is -0.480 e. The van der Waals surface area contributed by atoms with Crippen molar-refractivity contribution in [2.24, 2.45) is 0 Å². The maximum atomic E-state index is 11.7. The fourth-order valence-corrected chi connectivity index (χ4v) is 1.96. The van der Waals surface area contributed by atoms with Crippen LogP contribution in [0, 0.1) is 0 Å². The molecule has 1 heterocycles. The number of nitrogens with zero attached hydrogens (tertiary/aromatic N) is 1. The standard InChI is InChI=1S/C12H13NO3/c14-11-6-5-9-3-1-2-4-10(9)7-13(11)8-12(15)16/h1-4H,5-8H2,(H,15,16). The average Bonchev–Trinajstić information content (AvgIpc) is 2.39. The molecule has 1 amide bonds. The van der Waals surface area contributed by atoms with Crippen molar-refractivity contribution >= 4 is 11.9 Å². The van der Waals surface area contributed by atoms with Crippen LogP contribution in [-0.2, 0) is 22.6 Å². The molecule has 4 nitrogen and oxygen atoms in total. The SMILES string of the molecule is O=C(O)CN1Cc2ccccc2CCC1=O. The first-order chi connectivity index (χ1) is 7.66. The second-order valence-corrected chi connectivity index (χ2v) is 3.91. The van der Waals surface area contributed by atoms with Crippen molar-refractivity contribution in [3.05, 3.63) is 35.4 Å². The van der Waals surface area contributed by atoms with Crippen LogP contribution >= 0.6 is 0 Å². The number of aryl methyl sites for hydroxylation is 1. The van der Waals surface area contributed by atoms with Crippen molar-refractivity contribution in [3.63, 3.8) is 0 Å². The number of fused-ring (bicyclic) bond motifs is 1.